The second kappa shape index (κ2) is 4.39. The van der Waals surface area contributed by atoms with Gasteiger partial charge >= 0.3 is 0 Å². The van der Waals surface area contributed by atoms with E-state index in [2.05, 4.69) is 4.84 Å². The Morgan fingerprint density at radius 1 is 1.50 bits per heavy atom. The van der Waals surface area contributed by atoms with Crippen LogP contribution in [0.1, 0.15) is 10.4 Å². The third-order valence-electron chi connectivity index (χ3n) is 1.67. The molecule has 0 fully saturated rings. The predicted octanol–water partition coefficient (Wildman–Crippen LogP) is 2.11. The maximum atomic E-state index is 12.9. The summed E-state index contributed by atoms with van der Waals surface area (Å²) < 4.78 is 12.9. The van der Waals surface area contributed by atoms with E-state index in [1.807, 2.05) is 0 Å². The van der Waals surface area contributed by atoms with Gasteiger partial charge in [-0.1, -0.05) is 11.6 Å². The number of rotatable bonds is 2. The first-order valence-electron chi connectivity index (χ1n) is 3.83. The van der Waals surface area contributed by atoms with Gasteiger partial charge < -0.3 is 0 Å². The average molecular weight is 218 g/mol. The average Bonchev–Trinajstić information content (AvgIpc) is 2.14. The highest BCUT2D eigenvalue weighted by atomic mass is 35.5. The molecule has 0 radical (unpaired) electrons. The van der Waals surface area contributed by atoms with E-state index >= 15 is 0 Å². The van der Waals surface area contributed by atoms with E-state index in [4.69, 9.17) is 11.6 Å². The Morgan fingerprint density at radius 2 is 2.14 bits per heavy atom. The lowest BCUT2D eigenvalue weighted by molar-refractivity contribution is -0.0757. The van der Waals surface area contributed by atoms with Crippen molar-refractivity contribution in [1.82, 2.24) is 5.06 Å². The van der Waals surface area contributed by atoms with Gasteiger partial charge in [0, 0.05) is 17.6 Å². The molecule has 1 amide bonds. The summed E-state index contributed by atoms with van der Waals surface area (Å²) in [6.07, 6.45) is 0. The fourth-order valence-corrected chi connectivity index (χ4v) is 1.16. The first kappa shape index (κ1) is 10.9. The summed E-state index contributed by atoms with van der Waals surface area (Å²) in [6, 6.07) is 3.61. The number of hydrogen-bond donors (Lipinski definition) is 0. The fraction of sp³-hybridized carbons (Fsp3) is 0.222. The van der Waals surface area contributed by atoms with Gasteiger partial charge in [0.1, 0.15) is 5.82 Å². The van der Waals surface area contributed by atoms with Crippen molar-refractivity contribution in [3.05, 3.63) is 34.6 Å². The van der Waals surface area contributed by atoms with Crippen molar-refractivity contribution in [2.24, 2.45) is 0 Å². The smallest absolute Gasteiger partial charge is 0.274 e. The van der Waals surface area contributed by atoms with Crippen molar-refractivity contribution in [1.29, 1.82) is 0 Å². The van der Waals surface area contributed by atoms with E-state index in [1.54, 1.807) is 0 Å². The van der Waals surface area contributed by atoms with Crippen LogP contribution in [0.2, 0.25) is 5.02 Å². The Bertz CT molecular complexity index is 336. The first-order valence-corrected chi connectivity index (χ1v) is 4.20. The molecule has 0 aromatic heterocycles. The van der Waals surface area contributed by atoms with E-state index in [0.29, 0.717) is 0 Å². The molecule has 1 rings (SSSR count). The van der Waals surface area contributed by atoms with E-state index in [0.717, 1.165) is 17.2 Å². The van der Waals surface area contributed by atoms with Gasteiger partial charge in [0.05, 0.1) is 7.11 Å². The number of amides is 1. The zero-order chi connectivity index (χ0) is 10.7. The lowest BCUT2D eigenvalue weighted by Crippen LogP contribution is -2.25. The minimum absolute atomic E-state index is 0.152. The van der Waals surface area contributed by atoms with Crippen molar-refractivity contribution in [3.8, 4) is 0 Å². The molecule has 0 aliphatic heterocycles. The quantitative estimate of drug-likeness (QED) is 0.711. The molecule has 0 aliphatic rings. The molecule has 0 heterocycles. The number of carbonyl (C=O) groups excluding carboxylic acids is 1. The van der Waals surface area contributed by atoms with Crippen LogP contribution in [0.3, 0.4) is 0 Å². The molecule has 0 atom stereocenters. The van der Waals surface area contributed by atoms with Crippen LogP contribution in [0, 0.1) is 5.82 Å². The van der Waals surface area contributed by atoms with Gasteiger partial charge in [-0.25, -0.2) is 9.45 Å². The highest BCUT2D eigenvalue weighted by Crippen LogP contribution is 2.15. The number of benzene rings is 1. The molecular weight excluding hydrogens is 209 g/mol. The molecule has 0 saturated carbocycles. The highest BCUT2D eigenvalue weighted by molar-refractivity contribution is 6.30. The third-order valence-corrected chi connectivity index (χ3v) is 1.89. The summed E-state index contributed by atoms with van der Waals surface area (Å²) in [5.41, 5.74) is 0.152. The van der Waals surface area contributed by atoms with E-state index < -0.39 is 11.7 Å². The van der Waals surface area contributed by atoms with Crippen LogP contribution in [0.4, 0.5) is 4.39 Å². The molecule has 1 aromatic rings. The Hall–Kier alpha value is -1.13. The Balaban J connectivity index is 3.01. The number of hydroxylamine groups is 2. The number of carbonyl (C=O) groups is 1. The van der Waals surface area contributed by atoms with Gasteiger partial charge in [0.2, 0.25) is 0 Å². The zero-order valence-corrected chi connectivity index (χ0v) is 8.51. The molecule has 5 heteroatoms. The van der Waals surface area contributed by atoms with Gasteiger partial charge in [0.25, 0.3) is 5.91 Å². The van der Waals surface area contributed by atoms with E-state index in [-0.39, 0.29) is 10.6 Å². The van der Waals surface area contributed by atoms with Gasteiger partial charge in [-0.05, 0) is 18.2 Å². The lowest BCUT2D eigenvalue weighted by atomic mass is 10.2. The minimum atomic E-state index is -0.551. The van der Waals surface area contributed by atoms with Gasteiger partial charge in [-0.2, -0.15) is 0 Å². The second-order valence-electron chi connectivity index (χ2n) is 2.64. The van der Waals surface area contributed by atoms with Crippen LogP contribution >= 0.6 is 11.6 Å². The van der Waals surface area contributed by atoms with Crippen molar-refractivity contribution in [3.63, 3.8) is 0 Å². The molecule has 1 aromatic carbocycles. The third kappa shape index (κ3) is 2.43. The second-order valence-corrected chi connectivity index (χ2v) is 3.08. The summed E-state index contributed by atoms with van der Waals surface area (Å²) in [7, 11) is 2.78. The van der Waals surface area contributed by atoms with Crippen LogP contribution in [0.15, 0.2) is 18.2 Å². The van der Waals surface area contributed by atoms with Crippen LogP contribution in [0.5, 0.6) is 0 Å². The molecule has 0 unspecified atom stereocenters. The summed E-state index contributed by atoms with van der Waals surface area (Å²) in [5, 5.41) is 1.17. The van der Waals surface area contributed by atoms with Crippen LogP contribution in [-0.4, -0.2) is 25.1 Å². The Labute approximate surface area is 86.0 Å². The van der Waals surface area contributed by atoms with Gasteiger partial charge in [-0.15, -0.1) is 0 Å². The van der Waals surface area contributed by atoms with Crippen molar-refractivity contribution in [2.75, 3.05) is 14.2 Å². The topological polar surface area (TPSA) is 29.5 Å². The van der Waals surface area contributed by atoms with Crippen LogP contribution < -0.4 is 0 Å². The molecule has 76 valence electrons. The van der Waals surface area contributed by atoms with Gasteiger partial charge in [-0.3, -0.25) is 9.63 Å². The molecular formula is C9H9ClFNO2. The normalized spacial score (nSPS) is 10.0. The Kier molecular flexibility index (Phi) is 3.43. The maximum absolute atomic E-state index is 12.9. The lowest BCUT2D eigenvalue weighted by Gasteiger charge is -2.13. The molecule has 0 saturated heterocycles. The van der Waals surface area contributed by atoms with Crippen molar-refractivity contribution < 1.29 is 14.0 Å². The fourth-order valence-electron chi connectivity index (χ4n) is 0.942. The summed E-state index contributed by atoms with van der Waals surface area (Å²) >= 11 is 5.59. The number of nitrogens with zero attached hydrogens (tertiary/aromatic N) is 1. The minimum Gasteiger partial charge on any atom is -0.274 e. The highest BCUT2D eigenvalue weighted by Gasteiger charge is 2.12. The largest absolute Gasteiger partial charge is 0.277 e. The van der Waals surface area contributed by atoms with E-state index in [9.17, 15) is 9.18 Å². The molecule has 0 spiro atoms. The van der Waals surface area contributed by atoms with Crippen molar-refractivity contribution in [2.45, 2.75) is 0 Å². The molecule has 0 aliphatic carbocycles. The summed E-state index contributed by atoms with van der Waals surface area (Å²) in [6.45, 7) is 0. The monoisotopic (exact) mass is 217 g/mol. The SMILES string of the molecule is CON(C)C(=O)c1cc(F)cc(Cl)c1. The molecule has 14 heavy (non-hydrogen) atoms. The standard InChI is InChI=1S/C9H9ClFNO2/c1-12(14-2)9(13)6-3-7(10)5-8(11)4-6/h3-5H,1-2H3. The zero-order valence-electron chi connectivity index (χ0n) is 7.75. The van der Waals surface area contributed by atoms with Crippen LogP contribution in [0.25, 0.3) is 0 Å². The first-order chi connectivity index (χ1) is 6.54. The molecule has 0 bridgehead atoms. The Morgan fingerprint density at radius 3 is 2.64 bits per heavy atom. The van der Waals surface area contributed by atoms with E-state index in [1.165, 1.54) is 20.2 Å². The number of hydrogen-bond acceptors (Lipinski definition) is 2. The number of halogens is 2. The molecule has 0 N–H and O–H groups in total. The summed E-state index contributed by atoms with van der Waals surface area (Å²) in [4.78, 5) is 16.1. The predicted molar refractivity (Wildman–Crippen MR) is 50.5 cm³/mol. The molecule has 3 nitrogen and oxygen atoms in total. The summed E-state index contributed by atoms with van der Waals surface area (Å²) in [5.74, 6) is -1.00. The van der Waals surface area contributed by atoms with Crippen molar-refractivity contribution >= 4 is 17.5 Å². The maximum Gasteiger partial charge on any atom is 0.277 e. The van der Waals surface area contributed by atoms with Crippen LogP contribution in [-0.2, 0) is 4.84 Å². The van der Waals surface area contributed by atoms with Gasteiger partial charge in [0.15, 0.2) is 0 Å².